The molecule has 1 aromatic rings. The molecule has 0 saturated carbocycles. The van der Waals surface area contributed by atoms with Crippen molar-refractivity contribution in [3.8, 4) is 6.07 Å². The van der Waals surface area contributed by atoms with Crippen molar-refractivity contribution in [1.29, 1.82) is 5.26 Å². The Balaban J connectivity index is 2.92. The van der Waals surface area contributed by atoms with Crippen molar-refractivity contribution in [2.75, 3.05) is 18.5 Å². The zero-order valence-corrected chi connectivity index (χ0v) is 12.5. The fraction of sp³-hybridized carbons (Fsp3) is 0.562. The van der Waals surface area contributed by atoms with Gasteiger partial charge in [-0.3, -0.25) is 0 Å². The van der Waals surface area contributed by atoms with E-state index in [1.807, 2.05) is 0 Å². The van der Waals surface area contributed by atoms with E-state index >= 15 is 0 Å². The van der Waals surface area contributed by atoms with E-state index in [1.54, 1.807) is 0 Å². The van der Waals surface area contributed by atoms with E-state index in [2.05, 4.69) is 68.4 Å². The van der Waals surface area contributed by atoms with Crippen LogP contribution in [0.15, 0.2) is 24.3 Å². The molecule has 1 N–H and O–H groups in total. The third-order valence-corrected chi connectivity index (χ3v) is 3.53. The summed E-state index contributed by atoms with van der Waals surface area (Å²) in [4.78, 5) is 2.20. The summed E-state index contributed by atoms with van der Waals surface area (Å²) in [7, 11) is 2.06. The second-order valence-corrected chi connectivity index (χ2v) is 5.06. The van der Waals surface area contributed by atoms with Gasteiger partial charge in [0.2, 0.25) is 0 Å². The van der Waals surface area contributed by atoms with Gasteiger partial charge in [-0.05, 0) is 38.4 Å². The van der Waals surface area contributed by atoms with Gasteiger partial charge in [-0.1, -0.05) is 25.1 Å². The molecule has 0 aliphatic rings. The van der Waals surface area contributed by atoms with Crippen LogP contribution in [0.1, 0.15) is 45.2 Å². The van der Waals surface area contributed by atoms with Gasteiger partial charge in [-0.2, -0.15) is 5.26 Å². The lowest BCUT2D eigenvalue weighted by molar-refractivity contribution is 0.567. The molecular weight excluding hydrogens is 234 g/mol. The number of nitrogens with one attached hydrogen (secondary N) is 1. The van der Waals surface area contributed by atoms with Crippen molar-refractivity contribution in [2.24, 2.45) is 0 Å². The molecule has 0 saturated heterocycles. The molecule has 19 heavy (non-hydrogen) atoms. The van der Waals surface area contributed by atoms with Crippen molar-refractivity contribution in [3.63, 3.8) is 0 Å². The molecule has 0 aliphatic carbocycles. The lowest BCUT2D eigenvalue weighted by atomic mass is 10.0. The van der Waals surface area contributed by atoms with Crippen molar-refractivity contribution in [3.05, 3.63) is 29.8 Å². The van der Waals surface area contributed by atoms with Crippen LogP contribution in [0.4, 0.5) is 5.69 Å². The second kappa shape index (κ2) is 7.81. The molecule has 0 bridgehead atoms. The standard InChI is InChI=1S/C16H25N3/c1-5-12-18-14(3)15-8-6-7-9-16(15)19(4)13(2)10-11-17/h6-9,13-14,18H,5,10,12H2,1-4H3. The Bertz CT molecular complexity index is 422. The minimum atomic E-state index is 0.226. The Kier molecular flexibility index (Phi) is 6.38. The SMILES string of the molecule is CCCNC(C)c1ccccc1N(C)C(C)CC#N. The van der Waals surface area contributed by atoms with Crippen LogP contribution >= 0.6 is 0 Å². The van der Waals surface area contributed by atoms with E-state index < -0.39 is 0 Å². The van der Waals surface area contributed by atoms with Crippen LogP contribution in [-0.4, -0.2) is 19.6 Å². The monoisotopic (exact) mass is 259 g/mol. The average Bonchev–Trinajstić information content (AvgIpc) is 2.44. The quantitative estimate of drug-likeness (QED) is 0.814. The summed E-state index contributed by atoms with van der Waals surface area (Å²) in [6.07, 6.45) is 1.68. The van der Waals surface area contributed by atoms with E-state index in [9.17, 15) is 0 Å². The van der Waals surface area contributed by atoms with Crippen molar-refractivity contribution in [2.45, 2.75) is 45.7 Å². The van der Waals surface area contributed by atoms with Gasteiger partial charge in [-0.25, -0.2) is 0 Å². The maximum Gasteiger partial charge on any atom is 0.0643 e. The molecule has 0 aromatic heterocycles. The summed E-state index contributed by atoms with van der Waals surface area (Å²) >= 11 is 0. The van der Waals surface area contributed by atoms with Gasteiger partial charge >= 0.3 is 0 Å². The highest BCUT2D eigenvalue weighted by Crippen LogP contribution is 2.27. The van der Waals surface area contributed by atoms with E-state index in [0.29, 0.717) is 12.5 Å². The fourth-order valence-corrected chi connectivity index (χ4v) is 2.15. The highest BCUT2D eigenvalue weighted by Gasteiger charge is 2.16. The van der Waals surface area contributed by atoms with E-state index in [-0.39, 0.29) is 6.04 Å². The molecule has 2 unspecified atom stereocenters. The Hall–Kier alpha value is -1.53. The van der Waals surface area contributed by atoms with Gasteiger partial charge in [-0.15, -0.1) is 0 Å². The number of benzene rings is 1. The Morgan fingerprint density at radius 2 is 2.00 bits per heavy atom. The van der Waals surface area contributed by atoms with Crippen LogP contribution in [0.2, 0.25) is 0 Å². The average molecular weight is 259 g/mol. The van der Waals surface area contributed by atoms with Crippen LogP contribution < -0.4 is 10.2 Å². The highest BCUT2D eigenvalue weighted by molar-refractivity contribution is 5.55. The first-order valence-electron chi connectivity index (χ1n) is 7.03. The van der Waals surface area contributed by atoms with Crippen LogP contribution in [0.25, 0.3) is 0 Å². The minimum absolute atomic E-state index is 0.226. The molecule has 3 heteroatoms. The van der Waals surface area contributed by atoms with Crippen LogP contribution in [0.3, 0.4) is 0 Å². The van der Waals surface area contributed by atoms with Crippen molar-refractivity contribution >= 4 is 5.69 Å². The predicted molar refractivity (Wildman–Crippen MR) is 81.2 cm³/mol. The topological polar surface area (TPSA) is 39.1 Å². The van der Waals surface area contributed by atoms with Crippen LogP contribution in [0.5, 0.6) is 0 Å². The molecule has 1 aromatic carbocycles. The van der Waals surface area contributed by atoms with E-state index in [0.717, 1.165) is 13.0 Å². The normalized spacial score (nSPS) is 13.6. The first kappa shape index (κ1) is 15.5. The second-order valence-electron chi connectivity index (χ2n) is 5.06. The van der Waals surface area contributed by atoms with Crippen molar-refractivity contribution < 1.29 is 0 Å². The summed E-state index contributed by atoms with van der Waals surface area (Å²) in [6.45, 7) is 7.47. The summed E-state index contributed by atoms with van der Waals surface area (Å²) < 4.78 is 0. The number of hydrogen-bond acceptors (Lipinski definition) is 3. The lowest BCUT2D eigenvalue weighted by Gasteiger charge is -2.29. The fourth-order valence-electron chi connectivity index (χ4n) is 2.15. The van der Waals surface area contributed by atoms with E-state index in [4.69, 9.17) is 5.26 Å². The molecular formula is C16H25N3. The van der Waals surface area contributed by atoms with Crippen LogP contribution in [-0.2, 0) is 0 Å². The first-order valence-corrected chi connectivity index (χ1v) is 7.03. The summed E-state index contributed by atoms with van der Waals surface area (Å²) in [5.74, 6) is 0. The number of para-hydroxylation sites is 1. The summed E-state index contributed by atoms with van der Waals surface area (Å²) in [5.41, 5.74) is 2.50. The summed E-state index contributed by atoms with van der Waals surface area (Å²) in [6, 6.07) is 11.2. The molecule has 3 nitrogen and oxygen atoms in total. The predicted octanol–water partition coefficient (Wildman–Crippen LogP) is 3.49. The molecule has 1 rings (SSSR count). The molecule has 0 radical (unpaired) electrons. The zero-order valence-electron chi connectivity index (χ0n) is 12.5. The Labute approximate surface area is 117 Å². The third-order valence-electron chi connectivity index (χ3n) is 3.53. The van der Waals surface area contributed by atoms with Gasteiger partial charge in [0.25, 0.3) is 0 Å². The molecule has 0 heterocycles. The maximum atomic E-state index is 8.84. The highest BCUT2D eigenvalue weighted by atomic mass is 15.1. The number of anilines is 1. The number of nitriles is 1. The summed E-state index contributed by atoms with van der Waals surface area (Å²) in [5, 5.41) is 12.4. The maximum absolute atomic E-state index is 8.84. The Morgan fingerprint density at radius 1 is 1.32 bits per heavy atom. The van der Waals surface area contributed by atoms with Gasteiger partial charge in [0.05, 0.1) is 12.5 Å². The van der Waals surface area contributed by atoms with Gasteiger partial charge in [0, 0.05) is 24.8 Å². The third kappa shape index (κ3) is 4.25. The van der Waals surface area contributed by atoms with Gasteiger partial charge < -0.3 is 10.2 Å². The van der Waals surface area contributed by atoms with Gasteiger partial charge in [0.15, 0.2) is 0 Å². The van der Waals surface area contributed by atoms with Crippen molar-refractivity contribution in [1.82, 2.24) is 5.32 Å². The zero-order chi connectivity index (χ0) is 14.3. The number of hydrogen-bond donors (Lipinski definition) is 1. The van der Waals surface area contributed by atoms with E-state index in [1.165, 1.54) is 11.3 Å². The number of nitrogens with zero attached hydrogens (tertiary/aromatic N) is 2. The molecule has 0 fully saturated rings. The first-order chi connectivity index (χ1) is 9.11. The number of rotatable bonds is 7. The van der Waals surface area contributed by atoms with Gasteiger partial charge in [0.1, 0.15) is 0 Å². The molecule has 0 amide bonds. The molecule has 2 atom stereocenters. The molecule has 104 valence electrons. The smallest absolute Gasteiger partial charge is 0.0643 e. The Morgan fingerprint density at radius 3 is 2.63 bits per heavy atom. The largest absolute Gasteiger partial charge is 0.371 e. The molecule has 0 aliphatic heterocycles. The lowest BCUT2D eigenvalue weighted by Crippen LogP contribution is -2.30. The minimum Gasteiger partial charge on any atom is -0.371 e. The molecule has 0 spiro atoms. The van der Waals surface area contributed by atoms with Crippen LogP contribution in [0, 0.1) is 11.3 Å².